The molecule has 70 valence electrons. The van der Waals surface area contributed by atoms with E-state index in [1.807, 2.05) is 18.2 Å². The Labute approximate surface area is 78.5 Å². The lowest BCUT2D eigenvalue weighted by Crippen LogP contribution is -2.05. The number of ether oxygens (including phenoxy) is 2. The molecule has 1 aliphatic heterocycles. The van der Waals surface area contributed by atoms with Crippen LogP contribution in [-0.2, 0) is 9.47 Å². The Balaban J connectivity index is 2.04. The summed E-state index contributed by atoms with van der Waals surface area (Å²) >= 11 is 0. The molecule has 0 aromatic heterocycles. The Kier molecular flexibility index (Phi) is 2.62. The van der Waals surface area contributed by atoms with Crippen LogP contribution in [0.4, 0.5) is 0 Å². The standard InChI is InChI=1S/C11H14O2/c1-2-11-12-8-10(13-11)9-6-4-3-5-7-9/h3-7,10-11H,2,8H2,1H3. The highest BCUT2D eigenvalue weighted by molar-refractivity contribution is 5.18. The van der Waals surface area contributed by atoms with Crippen molar-refractivity contribution in [3.63, 3.8) is 0 Å². The van der Waals surface area contributed by atoms with E-state index in [4.69, 9.17) is 9.47 Å². The molecule has 2 nitrogen and oxygen atoms in total. The predicted molar refractivity (Wildman–Crippen MR) is 50.3 cm³/mol. The molecule has 1 fully saturated rings. The van der Waals surface area contributed by atoms with Gasteiger partial charge in [-0.3, -0.25) is 0 Å². The normalized spacial score (nSPS) is 27.8. The highest BCUT2D eigenvalue weighted by Gasteiger charge is 2.25. The molecule has 1 aliphatic rings. The Morgan fingerprint density at radius 1 is 1.31 bits per heavy atom. The quantitative estimate of drug-likeness (QED) is 0.692. The fourth-order valence-electron chi connectivity index (χ4n) is 1.51. The summed E-state index contributed by atoms with van der Waals surface area (Å²) < 4.78 is 11.1. The van der Waals surface area contributed by atoms with Crippen molar-refractivity contribution < 1.29 is 9.47 Å². The first-order valence-corrected chi connectivity index (χ1v) is 4.72. The summed E-state index contributed by atoms with van der Waals surface area (Å²) in [5.74, 6) is 0. The van der Waals surface area contributed by atoms with Crippen LogP contribution in [0.2, 0.25) is 0 Å². The molecule has 0 N–H and O–H groups in total. The van der Waals surface area contributed by atoms with Crippen LogP contribution in [0.15, 0.2) is 30.3 Å². The third-order valence-corrected chi connectivity index (χ3v) is 2.25. The predicted octanol–water partition coefficient (Wildman–Crippen LogP) is 2.51. The molecule has 0 spiro atoms. The molecule has 0 saturated carbocycles. The summed E-state index contributed by atoms with van der Waals surface area (Å²) in [6, 6.07) is 10.2. The van der Waals surface area contributed by atoms with Gasteiger partial charge in [0.05, 0.1) is 6.61 Å². The van der Waals surface area contributed by atoms with E-state index in [0.29, 0.717) is 6.61 Å². The fraction of sp³-hybridized carbons (Fsp3) is 0.455. The van der Waals surface area contributed by atoms with Crippen molar-refractivity contribution in [3.8, 4) is 0 Å². The Morgan fingerprint density at radius 3 is 2.69 bits per heavy atom. The molecule has 2 unspecified atom stereocenters. The van der Waals surface area contributed by atoms with Crippen LogP contribution in [0.1, 0.15) is 25.0 Å². The van der Waals surface area contributed by atoms with Gasteiger partial charge < -0.3 is 9.47 Å². The van der Waals surface area contributed by atoms with E-state index in [2.05, 4.69) is 19.1 Å². The van der Waals surface area contributed by atoms with Crippen LogP contribution >= 0.6 is 0 Å². The zero-order valence-electron chi connectivity index (χ0n) is 7.77. The third kappa shape index (κ3) is 1.90. The number of rotatable bonds is 2. The maximum absolute atomic E-state index is 5.67. The van der Waals surface area contributed by atoms with Crippen molar-refractivity contribution in [2.75, 3.05) is 6.61 Å². The van der Waals surface area contributed by atoms with Crippen LogP contribution in [0.5, 0.6) is 0 Å². The van der Waals surface area contributed by atoms with Crippen molar-refractivity contribution in [2.45, 2.75) is 25.7 Å². The Morgan fingerprint density at radius 2 is 2.08 bits per heavy atom. The van der Waals surface area contributed by atoms with Gasteiger partial charge in [0.2, 0.25) is 0 Å². The van der Waals surface area contributed by atoms with E-state index in [1.165, 1.54) is 5.56 Å². The molecule has 1 saturated heterocycles. The molecule has 0 amide bonds. The van der Waals surface area contributed by atoms with E-state index in [9.17, 15) is 0 Å². The molecule has 2 atom stereocenters. The summed E-state index contributed by atoms with van der Waals surface area (Å²) in [5.41, 5.74) is 1.21. The zero-order valence-corrected chi connectivity index (χ0v) is 7.77. The first-order chi connectivity index (χ1) is 6.40. The van der Waals surface area contributed by atoms with Crippen LogP contribution in [0.25, 0.3) is 0 Å². The Hall–Kier alpha value is -0.860. The average Bonchev–Trinajstić information content (AvgIpc) is 2.67. The largest absolute Gasteiger partial charge is 0.350 e. The van der Waals surface area contributed by atoms with Crippen LogP contribution < -0.4 is 0 Å². The zero-order chi connectivity index (χ0) is 9.10. The minimum absolute atomic E-state index is 0.00907. The van der Waals surface area contributed by atoms with Gasteiger partial charge in [-0.2, -0.15) is 0 Å². The Bertz CT molecular complexity index is 258. The van der Waals surface area contributed by atoms with E-state index < -0.39 is 0 Å². The van der Waals surface area contributed by atoms with Gasteiger partial charge in [-0.1, -0.05) is 37.3 Å². The van der Waals surface area contributed by atoms with Crippen molar-refractivity contribution in [1.29, 1.82) is 0 Å². The summed E-state index contributed by atoms with van der Waals surface area (Å²) in [5, 5.41) is 0. The minimum atomic E-state index is -0.00907. The maximum Gasteiger partial charge on any atom is 0.158 e. The highest BCUT2D eigenvalue weighted by atomic mass is 16.7. The van der Waals surface area contributed by atoms with E-state index in [0.717, 1.165) is 6.42 Å². The van der Waals surface area contributed by atoms with Crippen LogP contribution in [0, 0.1) is 0 Å². The van der Waals surface area contributed by atoms with E-state index in [-0.39, 0.29) is 12.4 Å². The minimum Gasteiger partial charge on any atom is -0.350 e. The summed E-state index contributed by atoms with van der Waals surface area (Å²) in [6.45, 7) is 2.75. The SMILES string of the molecule is CCC1OCC(c2ccccc2)O1. The molecule has 1 aromatic rings. The summed E-state index contributed by atoms with van der Waals surface area (Å²) in [4.78, 5) is 0. The molecular formula is C11H14O2. The van der Waals surface area contributed by atoms with Crippen LogP contribution in [0.3, 0.4) is 0 Å². The van der Waals surface area contributed by atoms with E-state index in [1.54, 1.807) is 0 Å². The van der Waals surface area contributed by atoms with Crippen molar-refractivity contribution in [3.05, 3.63) is 35.9 Å². The molecule has 0 radical (unpaired) electrons. The molecule has 2 heteroatoms. The van der Waals surface area contributed by atoms with Gasteiger partial charge in [-0.25, -0.2) is 0 Å². The number of benzene rings is 1. The van der Waals surface area contributed by atoms with Crippen molar-refractivity contribution in [1.82, 2.24) is 0 Å². The number of hydrogen-bond donors (Lipinski definition) is 0. The first-order valence-electron chi connectivity index (χ1n) is 4.72. The average molecular weight is 178 g/mol. The second-order valence-corrected chi connectivity index (χ2v) is 3.21. The van der Waals surface area contributed by atoms with Gasteiger partial charge in [0, 0.05) is 0 Å². The smallest absolute Gasteiger partial charge is 0.158 e. The maximum atomic E-state index is 5.67. The molecule has 2 rings (SSSR count). The van der Waals surface area contributed by atoms with Gasteiger partial charge in [-0.15, -0.1) is 0 Å². The number of hydrogen-bond acceptors (Lipinski definition) is 2. The van der Waals surface area contributed by atoms with Gasteiger partial charge in [-0.05, 0) is 12.0 Å². The van der Waals surface area contributed by atoms with Crippen molar-refractivity contribution >= 4 is 0 Å². The lowest BCUT2D eigenvalue weighted by atomic mass is 10.1. The third-order valence-electron chi connectivity index (χ3n) is 2.25. The molecule has 13 heavy (non-hydrogen) atoms. The molecular weight excluding hydrogens is 164 g/mol. The lowest BCUT2D eigenvalue weighted by molar-refractivity contribution is -0.0592. The van der Waals surface area contributed by atoms with Gasteiger partial charge >= 0.3 is 0 Å². The van der Waals surface area contributed by atoms with E-state index >= 15 is 0 Å². The van der Waals surface area contributed by atoms with Crippen LogP contribution in [-0.4, -0.2) is 12.9 Å². The van der Waals surface area contributed by atoms with Gasteiger partial charge in [0.15, 0.2) is 6.29 Å². The molecule has 0 aliphatic carbocycles. The second kappa shape index (κ2) is 3.90. The van der Waals surface area contributed by atoms with Gasteiger partial charge in [0.1, 0.15) is 6.10 Å². The topological polar surface area (TPSA) is 18.5 Å². The molecule has 0 bridgehead atoms. The molecule has 1 aromatic carbocycles. The second-order valence-electron chi connectivity index (χ2n) is 3.21. The fourth-order valence-corrected chi connectivity index (χ4v) is 1.51. The monoisotopic (exact) mass is 178 g/mol. The highest BCUT2D eigenvalue weighted by Crippen LogP contribution is 2.27. The first kappa shape index (κ1) is 8.73. The van der Waals surface area contributed by atoms with Crippen molar-refractivity contribution in [2.24, 2.45) is 0 Å². The summed E-state index contributed by atoms with van der Waals surface area (Å²) in [7, 11) is 0. The molecule has 1 heterocycles. The lowest BCUT2D eigenvalue weighted by Gasteiger charge is -2.09. The summed E-state index contributed by atoms with van der Waals surface area (Å²) in [6.07, 6.45) is 1.04. The van der Waals surface area contributed by atoms with Gasteiger partial charge in [0.25, 0.3) is 0 Å².